The molecule has 11 heteroatoms. The summed E-state index contributed by atoms with van der Waals surface area (Å²) in [6.07, 6.45) is 11.6. The molecule has 111 heavy (non-hydrogen) atoms. The molecule has 0 aliphatic rings. The van der Waals surface area contributed by atoms with Crippen LogP contribution in [-0.4, -0.2) is 63.4 Å². The van der Waals surface area contributed by atoms with Crippen LogP contribution in [0.15, 0.2) is 261 Å². The zero-order valence-electron chi connectivity index (χ0n) is 67.1. The average molecular weight is 1490 g/mol. The molecule has 0 aliphatic carbocycles. The van der Waals surface area contributed by atoms with Crippen molar-refractivity contribution in [3.05, 3.63) is 361 Å². The Balaban J connectivity index is 0.000000279. The van der Waals surface area contributed by atoms with E-state index in [0.717, 1.165) is 54.0 Å². The quantitative estimate of drug-likeness (QED) is 0.0348. The number of ketones is 4. The molecule has 0 unspecified atom stereocenters. The number of carboxylic acids is 3. The number of hydrogen-bond acceptors (Lipinski definition) is 7. The van der Waals surface area contributed by atoms with Crippen LogP contribution in [0.4, 0.5) is 0 Å². The lowest BCUT2D eigenvalue weighted by Gasteiger charge is -2.14. The summed E-state index contributed by atoms with van der Waals surface area (Å²) in [5, 5.41) is 30.3. The number of aliphatic carboxylic acids is 3. The molecule has 0 saturated heterocycles. The summed E-state index contributed by atoms with van der Waals surface area (Å²) in [7, 11) is 1.42. The van der Waals surface area contributed by atoms with E-state index >= 15 is 0 Å². The predicted octanol–water partition coefficient (Wildman–Crippen LogP) is 23.4. The normalized spacial score (nSPS) is 10.7. The highest BCUT2D eigenvalue weighted by molar-refractivity contribution is 5.89. The standard InChI is InChI=1S/2C23H24O.2C11H14O.2C10H12O2.C10H10O2.C2H3N/c2*1-17-7-5-8-19(15-17)13-14-21(24)16-18(2)22-12-6-10-20-9-3-4-11-23(20)22;2*1-9-4-3-5-11(8-9)7-6-10(2)12;3*1-8-3-2-4-9(7-8)5-6-10(11)12;1-3-2/h2*3-12,15,18H,13-14,16H2,1-2H3;2*3-5,8H,6-7H2,1-2H3;2*2-4,7H,5-6H2,1H3,(H,11,12);2-7H,1H3,(H,11,12);1H3/b;;;;;;6-5+;/t2*18-;;;;;;/m00....../s1. The lowest BCUT2D eigenvalue weighted by atomic mass is 9.90. The molecule has 0 amide bonds. The Morgan fingerprint density at radius 2 is 0.595 bits per heavy atom. The van der Waals surface area contributed by atoms with Gasteiger partial charge in [0.25, 0.3) is 0 Å². The molecule has 0 bridgehead atoms. The molecule has 11 aromatic rings. The first-order valence-corrected chi connectivity index (χ1v) is 38.1. The second-order valence-corrected chi connectivity index (χ2v) is 28.4. The third kappa shape index (κ3) is 39.8. The summed E-state index contributed by atoms with van der Waals surface area (Å²) in [6.45, 7) is 27.7. The largest absolute Gasteiger partial charge is 0.481 e. The van der Waals surface area contributed by atoms with Crippen molar-refractivity contribution in [1.82, 2.24) is 0 Å². The van der Waals surface area contributed by atoms with E-state index < -0.39 is 17.9 Å². The molecular weight excluding hydrogens is 1380 g/mol. The van der Waals surface area contributed by atoms with E-state index in [2.05, 4.69) is 216 Å². The summed E-state index contributed by atoms with van der Waals surface area (Å²) in [4.78, 5) is 79.7. The molecule has 0 spiro atoms. The summed E-state index contributed by atoms with van der Waals surface area (Å²) in [6, 6.07) is 86.5. The van der Waals surface area contributed by atoms with Gasteiger partial charge in [0.2, 0.25) is 7.05 Å². The fraction of sp³-hybridized carbons (Fsp3) is 0.280. The first-order valence-electron chi connectivity index (χ1n) is 38.1. The van der Waals surface area contributed by atoms with E-state index in [1.54, 1.807) is 19.9 Å². The summed E-state index contributed by atoms with van der Waals surface area (Å²) in [5.74, 6) is -0.686. The Morgan fingerprint density at radius 3 is 0.865 bits per heavy atom. The fourth-order valence-corrected chi connectivity index (χ4v) is 12.3. The zero-order chi connectivity index (χ0) is 81.5. The van der Waals surface area contributed by atoms with E-state index in [4.69, 9.17) is 21.9 Å². The fourth-order valence-electron chi connectivity index (χ4n) is 12.3. The lowest BCUT2D eigenvalue weighted by molar-refractivity contribution is -0.138. The van der Waals surface area contributed by atoms with Gasteiger partial charge < -0.3 is 29.8 Å². The van der Waals surface area contributed by atoms with Gasteiger partial charge in [-0.15, -0.1) is 0 Å². The van der Waals surface area contributed by atoms with Gasteiger partial charge >= 0.3 is 17.9 Å². The SMILES string of the molecule is CC(=O)CCc1cccc(C)c1.CC(=O)CCc1cccc(C)c1.Cc1cccc(/C=C/C(=O)O)c1.Cc1cccc(CCC(=O)C[C@H](C)c2cccc3ccccc23)c1.Cc1cccc(CCC(=O)C[C@H](C)c2cccc3ccccc23)c1.Cc1cccc(CCC(=O)O)c1.Cc1cccc(CCC(=O)O)c1.[C-]#[N+]C. The third-order valence-electron chi connectivity index (χ3n) is 17.9. The molecule has 3 N–H and O–H groups in total. The van der Waals surface area contributed by atoms with Crippen molar-refractivity contribution in [3.8, 4) is 0 Å². The van der Waals surface area contributed by atoms with Gasteiger partial charge in [0.15, 0.2) is 0 Å². The molecule has 2 atom stereocenters. The summed E-state index contributed by atoms with van der Waals surface area (Å²) >= 11 is 0. The monoisotopic (exact) mass is 1490 g/mol. The van der Waals surface area contributed by atoms with E-state index in [0.29, 0.717) is 62.9 Å². The molecule has 578 valence electrons. The maximum Gasteiger partial charge on any atom is 0.328 e. The van der Waals surface area contributed by atoms with Crippen molar-refractivity contribution in [3.63, 3.8) is 0 Å². The van der Waals surface area contributed by atoms with Crippen LogP contribution in [0.3, 0.4) is 0 Å². The van der Waals surface area contributed by atoms with Gasteiger partial charge in [-0.05, 0) is 190 Å². The van der Waals surface area contributed by atoms with E-state index in [1.807, 2.05) is 106 Å². The van der Waals surface area contributed by atoms with Crippen LogP contribution in [0.2, 0.25) is 0 Å². The second kappa shape index (κ2) is 51.6. The van der Waals surface area contributed by atoms with Gasteiger partial charge in [-0.2, -0.15) is 0 Å². The third-order valence-corrected chi connectivity index (χ3v) is 17.9. The summed E-state index contributed by atoms with van der Waals surface area (Å²) < 4.78 is 0. The summed E-state index contributed by atoms with van der Waals surface area (Å²) in [5.41, 5.74) is 19.2. The zero-order valence-corrected chi connectivity index (χ0v) is 67.1. The number of aryl methyl sites for hydroxylation is 13. The Labute approximate surface area is 660 Å². The lowest BCUT2D eigenvalue weighted by Crippen LogP contribution is -2.06. The average Bonchev–Trinajstić information content (AvgIpc) is 0.820. The number of carbonyl (C=O) groups excluding carboxylic acids is 4. The van der Waals surface area contributed by atoms with E-state index in [-0.39, 0.29) is 36.2 Å². The Morgan fingerprint density at radius 1 is 0.342 bits per heavy atom. The molecule has 0 fully saturated rings. The minimum Gasteiger partial charge on any atom is -0.481 e. The molecular formula is C100H113NO10. The van der Waals surface area contributed by atoms with Gasteiger partial charge in [-0.25, -0.2) is 11.4 Å². The number of hydrogen-bond donors (Lipinski definition) is 3. The van der Waals surface area contributed by atoms with Crippen LogP contribution in [0.25, 0.3) is 32.5 Å². The Hall–Kier alpha value is -11.7. The maximum absolute atomic E-state index is 12.4. The first kappa shape index (κ1) is 91.6. The first-order chi connectivity index (χ1) is 53.1. The predicted molar refractivity (Wildman–Crippen MR) is 458 cm³/mol. The number of benzene rings is 11. The number of carboxylic acid groups (broad SMARTS) is 3. The molecule has 11 aromatic carbocycles. The van der Waals surface area contributed by atoms with Crippen LogP contribution in [0.5, 0.6) is 0 Å². The van der Waals surface area contributed by atoms with Gasteiger partial charge in [0, 0.05) is 57.4 Å². The maximum atomic E-state index is 12.4. The highest BCUT2D eigenvalue weighted by Gasteiger charge is 2.16. The number of nitrogens with zero attached hydrogens (tertiary/aromatic N) is 1. The van der Waals surface area contributed by atoms with Gasteiger partial charge in [-0.3, -0.25) is 19.2 Å². The van der Waals surface area contributed by atoms with Crippen LogP contribution < -0.4 is 0 Å². The van der Waals surface area contributed by atoms with Crippen LogP contribution in [0, 0.1) is 55.0 Å². The highest BCUT2D eigenvalue weighted by Crippen LogP contribution is 2.30. The minimum absolute atomic E-state index is 0.212. The van der Waals surface area contributed by atoms with E-state index in [9.17, 15) is 33.6 Å². The Kier molecular flexibility index (Phi) is 42.6. The van der Waals surface area contributed by atoms with Crippen molar-refractivity contribution < 1.29 is 48.9 Å². The van der Waals surface area contributed by atoms with E-state index in [1.165, 1.54) is 95.4 Å². The van der Waals surface area contributed by atoms with Gasteiger partial charge in [0.05, 0.1) is 0 Å². The topological polar surface area (TPSA) is 185 Å². The molecule has 0 aromatic heterocycles. The Bertz CT molecular complexity index is 4430. The van der Waals surface area contributed by atoms with Crippen LogP contribution in [0.1, 0.15) is 180 Å². The molecule has 0 saturated carbocycles. The number of carbonyl (C=O) groups is 7. The van der Waals surface area contributed by atoms with Crippen molar-refractivity contribution in [2.45, 2.75) is 178 Å². The van der Waals surface area contributed by atoms with Gasteiger partial charge in [0.1, 0.15) is 23.1 Å². The number of Topliss-reactive ketones (excluding diaryl/α,β-unsaturated/α-hetero) is 4. The molecule has 11 rings (SSSR count). The second-order valence-electron chi connectivity index (χ2n) is 28.4. The van der Waals surface area contributed by atoms with Crippen molar-refractivity contribution in [1.29, 1.82) is 0 Å². The molecule has 11 nitrogen and oxygen atoms in total. The molecule has 0 aliphatic heterocycles. The number of fused-ring (bicyclic) bond motifs is 2. The minimum atomic E-state index is -0.920. The van der Waals surface area contributed by atoms with Crippen molar-refractivity contribution >= 4 is 68.7 Å². The molecule has 0 heterocycles. The van der Waals surface area contributed by atoms with Crippen LogP contribution >= 0.6 is 0 Å². The number of rotatable bonds is 26. The van der Waals surface area contributed by atoms with Crippen molar-refractivity contribution in [2.75, 3.05) is 7.05 Å². The van der Waals surface area contributed by atoms with Crippen molar-refractivity contribution in [2.24, 2.45) is 0 Å². The van der Waals surface area contributed by atoms with Crippen LogP contribution in [-0.2, 0) is 72.1 Å². The molecule has 0 radical (unpaired) electrons. The van der Waals surface area contributed by atoms with Gasteiger partial charge in [-0.1, -0.05) is 308 Å². The highest BCUT2D eigenvalue weighted by atomic mass is 16.4. The smallest absolute Gasteiger partial charge is 0.328 e.